The number of hydrogen-bond acceptors (Lipinski definition) is 7. The predicted octanol–water partition coefficient (Wildman–Crippen LogP) is 4.81. The van der Waals surface area contributed by atoms with Crippen LogP contribution in [0.15, 0.2) is 53.6 Å². The van der Waals surface area contributed by atoms with Crippen LogP contribution >= 0.6 is 23.5 Å². The van der Waals surface area contributed by atoms with Gasteiger partial charge in [-0.3, -0.25) is 0 Å². The largest absolute Gasteiger partial charge is 0.416 e. The Bertz CT molecular complexity index is 1100. The van der Waals surface area contributed by atoms with Crippen LogP contribution in [-0.4, -0.2) is 73.1 Å². The van der Waals surface area contributed by atoms with Crippen LogP contribution in [0, 0.1) is 11.8 Å². The number of nitrogens with zero attached hydrogens (tertiary/aromatic N) is 5. The van der Waals surface area contributed by atoms with Gasteiger partial charge in [0, 0.05) is 68.6 Å². The molecule has 1 aromatic carbocycles. The van der Waals surface area contributed by atoms with Crippen LogP contribution in [0.5, 0.6) is 0 Å². The predicted molar refractivity (Wildman–Crippen MR) is 144 cm³/mol. The van der Waals surface area contributed by atoms with Gasteiger partial charge in [-0.15, -0.1) is 0 Å². The lowest BCUT2D eigenvalue weighted by molar-refractivity contribution is -0.137. The smallest absolute Gasteiger partial charge is 0.354 e. The third kappa shape index (κ3) is 6.37. The number of likely N-dealkylation sites (tertiary alicyclic amines) is 1. The third-order valence-corrected chi connectivity index (χ3v) is 8.58. The molecule has 0 amide bonds. The minimum Gasteiger partial charge on any atom is -0.354 e. The summed E-state index contributed by atoms with van der Waals surface area (Å²) in [6.45, 7) is 12.0. The first-order valence-corrected chi connectivity index (χ1v) is 13.7. The Balaban J connectivity index is 1.12. The van der Waals surface area contributed by atoms with Crippen molar-refractivity contribution in [3.05, 3.63) is 59.4 Å². The van der Waals surface area contributed by atoms with Gasteiger partial charge in [0.05, 0.1) is 5.56 Å². The molecule has 1 atom stereocenters. The molecule has 200 valence electrons. The number of anilines is 2. The minimum absolute atomic E-state index is 0.144. The summed E-state index contributed by atoms with van der Waals surface area (Å²) in [5, 5.41) is -0.144. The van der Waals surface area contributed by atoms with Gasteiger partial charge in [0.15, 0.2) is 0 Å². The van der Waals surface area contributed by atoms with E-state index in [1.54, 1.807) is 11.9 Å². The number of nitrogens with two attached hydrogens (primary N) is 1. The molecule has 1 aromatic heterocycles. The quantitative estimate of drug-likeness (QED) is 0.391. The van der Waals surface area contributed by atoms with Crippen LogP contribution in [0.2, 0.25) is 5.15 Å². The Kier molecular flexibility index (Phi) is 7.93. The maximum Gasteiger partial charge on any atom is 0.416 e. The molecule has 4 heterocycles. The number of benzene rings is 1. The van der Waals surface area contributed by atoms with Gasteiger partial charge in [0.2, 0.25) is 0 Å². The van der Waals surface area contributed by atoms with Gasteiger partial charge in [-0.2, -0.15) is 13.2 Å². The maximum absolute atomic E-state index is 13.1. The zero-order chi connectivity index (χ0) is 26.2. The Morgan fingerprint density at radius 2 is 1.73 bits per heavy atom. The summed E-state index contributed by atoms with van der Waals surface area (Å²) < 4.78 is 41.7. The van der Waals surface area contributed by atoms with Crippen LogP contribution in [0.1, 0.15) is 12.0 Å². The SMILES string of the molecule is C=C1CC(CN2CC(CN)C2)CN1c1ccc(SN2CCN(c3cc(C(F)(F)F)cc(Cl)n3)CC2)cc1. The molecule has 2 N–H and O–H groups in total. The zero-order valence-corrected chi connectivity index (χ0v) is 22.2. The molecule has 3 saturated heterocycles. The molecule has 0 bridgehead atoms. The normalized spacial score (nSPS) is 22.1. The highest BCUT2D eigenvalue weighted by atomic mass is 35.5. The molecule has 2 aromatic rings. The summed E-state index contributed by atoms with van der Waals surface area (Å²) in [6, 6.07) is 10.5. The van der Waals surface area contributed by atoms with Crippen molar-refractivity contribution in [1.29, 1.82) is 0 Å². The highest BCUT2D eigenvalue weighted by Gasteiger charge is 2.33. The van der Waals surface area contributed by atoms with Crippen LogP contribution in [0.25, 0.3) is 0 Å². The van der Waals surface area contributed by atoms with Crippen molar-refractivity contribution in [2.75, 3.05) is 68.7 Å². The van der Waals surface area contributed by atoms with Crippen LogP contribution in [0.3, 0.4) is 0 Å². The van der Waals surface area contributed by atoms with Crippen LogP contribution in [0.4, 0.5) is 24.7 Å². The molecular weight excluding hydrogens is 521 g/mol. The molecular formula is C26H32ClF3N6S. The van der Waals surface area contributed by atoms with E-state index in [0.717, 1.165) is 61.9 Å². The van der Waals surface area contributed by atoms with E-state index >= 15 is 0 Å². The molecule has 0 saturated carbocycles. The number of aromatic nitrogens is 1. The van der Waals surface area contributed by atoms with E-state index in [9.17, 15) is 13.2 Å². The van der Waals surface area contributed by atoms with E-state index in [1.165, 1.54) is 5.70 Å². The number of hydrogen-bond donors (Lipinski definition) is 1. The third-order valence-electron chi connectivity index (χ3n) is 7.28. The summed E-state index contributed by atoms with van der Waals surface area (Å²) in [6.07, 6.45) is -3.42. The second-order valence-corrected chi connectivity index (χ2v) is 11.7. The molecule has 0 aliphatic carbocycles. The Labute approximate surface area is 225 Å². The topological polar surface area (TPSA) is 51.9 Å². The van der Waals surface area contributed by atoms with Crippen molar-refractivity contribution in [3.63, 3.8) is 0 Å². The number of pyridine rings is 1. The van der Waals surface area contributed by atoms with Gasteiger partial charge in [-0.05, 0) is 73.1 Å². The van der Waals surface area contributed by atoms with E-state index in [-0.39, 0.29) is 11.0 Å². The molecule has 11 heteroatoms. The van der Waals surface area contributed by atoms with Crippen molar-refractivity contribution in [2.24, 2.45) is 17.6 Å². The second kappa shape index (κ2) is 11.0. The Morgan fingerprint density at radius 1 is 1.03 bits per heavy atom. The average molecular weight is 553 g/mol. The molecule has 6 nitrogen and oxygen atoms in total. The van der Waals surface area contributed by atoms with Gasteiger partial charge in [0.1, 0.15) is 11.0 Å². The molecule has 1 unspecified atom stereocenters. The molecule has 37 heavy (non-hydrogen) atoms. The van der Waals surface area contributed by atoms with E-state index in [0.29, 0.717) is 38.0 Å². The lowest BCUT2D eigenvalue weighted by Gasteiger charge is -2.40. The van der Waals surface area contributed by atoms with Gasteiger partial charge >= 0.3 is 6.18 Å². The molecule has 3 aliphatic rings. The lowest BCUT2D eigenvalue weighted by atomic mass is 9.97. The van der Waals surface area contributed by atoms with Crippen molar-refractivity contribution < 1.29 is 13.2 Å². The van der Waals surface area contributed by atoms with E-state index < -0.39 is 11.7 Å². The number of rotatable bonds is 7. The first-order chi connectivity index (χ1) is 17.7. The Hall–Kier alpha value is -1.98. The lowest BCUT2D eigenvalue weighted by Crippen LogP contribution is -2.51. The van der Waals surface area contributed by atoms with Gasteiger partial charge in [0.25, 0.3) is 0 Å². The van der Waals surface area contributed by atoms with Crippen LogP contribution < -0.4 is 15.5 Å². The zero-order valence-electron chi connectivity index (χ0n) is 20.6. The van der Waals surface area contributed by atoms with Gasteiger partial charge < -0.3 is 20.4 Å². The minimum atomic E-state index is -4.45. The first-order valence-electron chi connectivity index (χ1n) is 12.6. The second-order valence-electron chi connectivity index (χ2n) is 10.1. The highest BCUT2D eigenvalue weighted by Crippen LogP contribution is 2.35. The summed E-state index contributed by atoms with van der Waals surface area (Å²) in [4.78, 5) is 11.9. The maximum atomic E-state index is 13.1. The van der Waals surface area contributed by atoms with Crippen LogP contribution in [-0.2, 0) is 6.18 Å². The molecule has 5 rings (SSSR count). The first kappa shape index (κ1) is 26.6. The number of halogens is 4. The summed E-state index contributed by atoms with van der Waals surface area (Å²) in [7, 11) is 0. The molecule has 3 aliphatic heterocycles. The monoisotopic (exact) mass is 552 g/mol. The number of allylic oxidation sites excluding steroid dienone is 1. The van der Waals surface area contributed by atoms with E-state index in [1.807, 2.05) is 4.90 Å². The fourth-order valence-corrected chi connectivity index (χ4v) is 6.40. The number of alkyl halides is 3. The van der Waals surface area contributed by atoms with Gasteiger partial charge in [-0.25, -0.2) is 9.29 Å². The summed E-state index contributed by atoms with van der Waals surface area (Å²) in [5.41, 5.74) is 7.31. The van der Waals surface area contributed by atoms with Crippen molar-refractivity contribution in [2.45, 2.75) is 17.5 Å². The molecule has 0 spiro atoms. The Morgan fingerprint density at radius 3 is 2.38 bits per heavy atom. The van der Waals surface area contributed by atoms with Crippen molar-refractivity contribution in [1.82, 2.24) is 14.2 Å². The summed E-state index contributed by atoms with van der Waals surface area (Å²) >= 11 is 7.53. The number of piperazine rings is 1. The van der Waals surface area contributed by atoms with Crippen molar-refractivity contribution in [3.8, 4) is 0 Å². The summed E-state index contributed by atoms with van der Waals surface area (Å²) in [5.74, 6) is 1.52. The fraction of sp³-hybridized carbons (Fsp3) is 0.500. The molecule has 0 radical (unpaired) electrons. The average Bonchev–Trinajstić information content (AvgIpc) is 3.21. The van der Waals surface area contributed by atoms with Crippen molar-refractivity contribution >= 4 is 35.1 Å². The van der Waals surface area contributed by atoms with E-state index in [4.69, 9.17) is 17.3 Å². The van der Waals surface area contributed by atoms with Gasteiger partial charge in [-0.1, -0.05) is 18.2 Å². The molecule has 3 fully saturated rings. The van der Waals surface area contributed by atoms with E-state index in [2.05, 4.69) is 49.9 Å². The highest BCUT2D eigenvalue weighted by molar-refractivity contribution is 7.97. The fourth-order valence-electron chi connectivity index (χ4n) is 5.30. The standard InChI is InChI=1S/C26H32ClF3N6S/c1-18-10-19(14-33-15-20(13-31)16-33)17-36(18)22-2-4-23(5-3-22)37-35-8-6-34(7-9-35)25-12-21(26(28,29)30)11-24(27)32-25/h2-5,11-12,19-20H,1,6-10,13-17,31H2.